The molecule has 0 aliphatic carbocycles. The van der Waals surface area contributed by atoms with Crippen molar-refractivity contribution >= 4 is 32.5 Å². The van der Waals surface area contributed by atoms with E-state index < -0.39 is 0 Å². The van der Waals surface area contributed by atoms with Crippen molar-refractivity contribution in [3.63, 3.8) is 0 Å². The lowest BCUT2D eigenvalue weighted by Gasteiger charge is -2.06. The molecule has 3 aromatic rings. The Labute approximate surface area is 125 Å². The average Bonchev–Trinajstić information content (AvgIpc) is 2.45. The number of carbonyl (C=O) groups excluding carboxylic acids is 1. The smallest absolute Gasteiger partial charge is 0.195 e. The van der Waals surface area contributed by atoms with Crippen LogP contribution in [0.15, 0.2) is 59.3 Å². The van der Waals surface area contributed by atoms with Crippen molar-refractivity contribution in [2.45, 2.75) is 6.92 Å². The number of hydrogen-bond donors (Lipinski definition) is 0. The van der Waals surface area contributed by atoms with Gasteiger partial charge in [-0.3, -0.25) is 9.78 Å². The Balaban J connectivity index is 2.17. The topological polar surface area (TPSA) is 30.0 Å². The Bertz CT molecular complexity index is 785. The summed E-state index contributed by atoms with van der Waals surface area (Å²) in [5, 5.41) is 1.91. The van der Waals surface area contributed by atoms with Crippen molar-refractivity contribution in [1.29, 1.82) is 0 Å². The van der Waals surface area contributed by atoms with Gasteiger partial charge in [0.1, 0.15) is 0 Å². The second-order valence-electron chi connectivity index (χ2n) is 4.75. The fourth-order valence-corrected chi connectivity index (χ4v) is 2.93. The number of nitrogens with zero attached hydrogens (tertiary/aromatic N) is 1. The van der Waals surface area contributed by atoms with Gasteiger partial charge in [0.15, 0.2) is 5.78 Å². The second-order valence-corrected chi connectivity index (χ2v) is 5.67. The van der Waals surface area contributed by atoms with Gasteiger partial charge in [0.05, 0.1) is 0 Å². The molecule has 0 amide bonds. The van der Waals surface area contributed by atoms with Gasteiger partial charge in [0, 0.05) is 33.4 Å². The van der Waals surface area contributed by atoms with E-state index in [2.05, 4.69) is 20.9 Å². The Morgan fingerprint density at radius 3 is 2.70 bits per heavy atom. The van der Waals surface area contributed by atoms with Gasteiger partial charge in [-0.15, -0.1) is 0 Å². The van der Waals surface area contributed by atoms with Crippen LogP contribution < -0.4 is 0 Å². The molecule has 0 saturated heterocycles. The Hall–Kier alpha value is -2.00. The molecule has 0 aliphatic heterocycles. The molecule has 0 fully saturated rings. The third kappa shape index (κ3) is 2.37. The molecule has 0 unspecified atom stereocenters. The third-order valence-electron chi connectivity index (χ3n) is 3.22. The van der Waals surface area contributed by atoms with E-state index in [1.165, 1.54) is 0 Å². The number of aryl methyl sites for hydroxylation is 1. The van der Waals surface area contributed by atoms with Gasteiger partial charge in [-0.2, -0.15) is 0 Å². The van der Waals surface area contributed by atoms with Crippen LogP contribution in [0.3, 0.4) is 0 Å². The highest BCUT2D eigenvalue weighted by atomic mass is 79.9. The van der Waals surface area contributed by atoms with Gasteiger partial charge < -0.3 is 0 Å². The zero-order chi connectivity index (χ0) is 14.1. The van der Waals surface area contributed by atoms with E-state index in [9.17, 15) is 4.79 Å². The van der Waals surface area contributed by atoms with E-state index >= 15 is 0 Å². The van der Waals surface area contributed by atoms with E-state index in [0.717, 1.165) is 20.8 Å². The number of fused-ring (bicyclic) bond motifs is 1. The van der Waals surface area contributed by atoms with E-state index in [4.69, 9.17) is 0 Å². The highest BCUT2D eigenvalue weighted by Gasteiger charge is 2.13. The van der Waals surface area contributed by atoms with Crippen LogP contribution in [-0.2, 0) is 0 Å². The van der Waals surface area contributed by atoms with Crippen molar-refractivity contribution in [2.24, 2.45) is 0 Å². The lowest BCUT2D eigenvalue weighted by atomic mass is 9.99. The number of rotatable bonds is 2. The lowest BCUT2D eigenvalue weighted by molar-refractivity contribution is 0.104. The number of hydrogen-bond acceptors (Lipinski definition) is 2. The maximum Gasteiger partial charge on any atom is 0.195 e. The van der Waals surface area contributed by atoms with Gasteiger partial charge in [0.25, 0.3) is 0 Å². The molecule has 98 valence electrons. The predicted octanol–water partition coefficient (Wildman–Crippen LogP) is 4.54. The molecule has 0 atom stereocenters. The van der Waals surface area contributed by atoms with E-state index in [-0.39, 0.29) is 5.78 Å². The van der Waals surface area contributed by atoms with E-state index in [0.29, 0.717) is 11.1 Å². The van der Waals surface area contributed by atoms with Crippen molar-refractivity contribution in [3.05, 3.63) is 76.0 Å². The third-order valence-corrected chi connectivity index (χ3v) is 3.67. The molecule has 0 radical (unpaired) electrons. The number of halogens is 1. The van der Waals surface area contributed by atoms with Crippen LogP contribution in [0.1, 0.15) is 21.5 Å². The fraction of sp³-hybridized carbons (Fsp3) is 0.0588. The minimum absolute atomic E-state index is 0.00120. The average molecular weight is 326 g/mol. The molecule has 1 heterocycles. The molecule has 0 spiro atoms. The summed E-state index contributed by atoms with van der Waals surface area (Å²) in [6.45, 7) is 1.98. The normalized spacial score (nSPS) is 10.7. The van der Waals surface area contributed by atoms with E-state index in [1.54, 1.807) is 12.4 Å². The molecular weight excluding hydrogens is 314 g/mol. The number of benzene rings is 2. The monoisotopic (exact) mass is 325 g/mol. The summed E-state index contributed by atoms with van der Waals surface area (Å²) in [5.41, 5.74) is 2.37. The SMILES string of the molecule is Cc1cc(Br)cc(C(=O)c2cncc3ccccc23)c1. The molecule has 2 nitrogen and oxygen atoms in total. The van der Waals surface area contributed by atoms with Gasteiger partial charge in [-0.05, 0) is 36.1 Å². The first-order valence-corrected chi connectivity index (χ1v) is 7.09. The van der Waals surface area contributed by atoms with Crippen LogP contribution in [0, 0.1) is 6.92 Å². The molecular formula is C17H12BrNO. The summed E-state index contributed by atoms with van der Waals surface area (Å²) in [6, 6.07) is 13.5. The molecule has 0 N–H and O–H groups in total. The lowest BCUT2D eigenvalue weighted by Crippen LogP contribution is -2.03. The minimum Gasteiger partial charge on any atom is -0.289 e. The predicted molar refractivity (Wildman–Crippen MR) is 84.1 cm³/mol. The van der Waals surface area contributed by atoms with Gasteiger partial charge in [-0.1, -0.05) is 40.2 Å². The zero-order valence-corrected chi connectivity index (χ0v) is 12.5. The van der Waals surface area contributed by atoms with Gasteiger partial charge in [-0.25, -0.2) is 0 Å². The van der Waals surface area contributed by atoms with Crippen molar-refractivity contribution < 1.29 is 4.79 Å². The first kappa shape index (κ1) is 13.0. The Morgan fingerprint density at radius 1 is 1.10 bits per heavy atom. The summed E-state index contributed by atoms with van der Waals surface area (Å²) in [7, 11) is 0. The van der Waals surface area contributed by atoms with Crippen LogP contribution >= 0.6 is 15.9 Å². The van der Waals surface area contributed by atoms with Crippen molar-refractivity contribution in [1.82, 2.24) is 4.98 Å². The molecule has 3 heteroatoms. The summed E-state index contributed by atoms with van der Waals surface area (Å²) in [5.74, 6) is -0.00120. The van der Waals surface area contributed by atoms with Gasteiger partial charge >= 0.3 is 0 Å². The fourth-order valence-electron chi connectivity index (χ4n) is 2.32. The first-order chi connectivity index (χ1) is 9.65. The number of ketones is 1. The van der Waals surface area contributed by atoms with Crippen LogP contribution in [0.25, 0.3) is 10.8 Å². The van der Waals surface area contributed by atoms with Crippen LogP contribution in [-0.4, -0.2) is 10.8 Å². The number of aromatic nitrogens is 1. The first-order valence-electron chi connectivity index (χ1n) is 6.30. The Kier molecular flexibility index (Phi) is 3.36. The highest BCUT2D eigenvalue weighted by Crippen LogP contribution is 2.22. The summed E-state index contributed by atoms with van der Waals surface area (Å²) in [4.78, 5) is 16.9. The zero-order valence-electron chi connectivity index (χ0n) is 10.9. The van der Waals surface area contributed by atoms with E-state index in [1.807, 2.05) is 49.4 Å². The van der Waals surface area contributed by atoms with Crippen LogP contribution in [0.4, 0.5) is 0 Å². The maximum absolute atomic E-state index is 12.7. The molecule has 3 rings (SSSR count). The molecule has 0 saturated carbocycles. The molecule has 20 heavy (non-hydrogen) atoms. The molecule has 2 aromatic carbocycles. The van der Waals surface area contributed by atoms with Gasteiger partial charge in [0.2, 0.25) is 0 Å². The number of pyridine rings is 1. The summed E-state index contributed by atoms with van der Waals surface area (Å²) < 4.78 is 0.911. The molecule has 1 aromatic heterocycles. The van der Waals surface area contributed by atoms with Crippen LogP contribution in [0.5, 0.6) is 0 Å². The highest BCUT2D eigenvalue weighted by molar-refractivity contribution is 9.10. The number of carbonyl (C=O) groups is 1. The standard InChI is InChI=1S/C17H12BrNO/c1-11-6-13(8-14(18)7-11)17(20)16-10-19-9-12-4-2-3-5-15(12)16/h2-10H,1H3. The van der Waals surface area contributed by atoms with Crippen LogP contribution in [0.2, 0.25) is 0 Å². The molecule has 0 aliphatic rings. The quantitative estimate of drug-likeness (QED) is 0.647. The van der Waals surface area contributed by atoms with Crippen molar-refractivity contribution in [2.75, 3.05) is 0 Å². The van der Waals surface area contributed by atoms with Crippen molar-refractivity contribution in [3.8, 4) is 0 Å². The maximum atomic E-state index is 12.7. The Morgan fingerprint density at radius 2 is 1.90 bits per heavy atom. The minimum atomic E-state index is -0.00120. The largest absolute Gasteiger partial charge is 0.289 e. The second kappa shape index (κ2) is 5.17. The molecule has 0 bridgehead atoms. The summed E-state index contributed by atoms with van der Waals surface area (Å²) in [6.07, 6.45) is 3.42. The summed E-state index contributed by atoms with van der Waals surface area (Å²) >= 11 is 3.44.